The predicted octanol–water partition coefficient (Wildman–Crippen LogP) is 4.15. The van der Waals surface area contributed by atoms with E-state index in [0.29, 0.717) is 31.2 Å². The highest BCUT2D eigenvalue weighted by Gasteiger charge is 2.35. The summed E-state index contributed by atoms with van der Waals surface area (Å²) in [5.41, 5.74) is 1.01. The second kappa shape index (κ2) is 10.4. The quantitative estimate of drug-likeness (QED) is 0.606. The Morgan fingerprint density at radius 3 is 2.30 bits per heavy atom. The van der Waals surface area contributed by atoms with Gasteiger partial charge in [-0.25, -0.2) is 12.8 Å². The van der Waals surface area contributed by atoms with E-state index in [1.54, 1.807) is 4.90 Å². The van der Waals surface area contributed by atoms with Crippen molar-refractivity contribution in [3.05, 3.63) is 59.4 Å². The van der Waals surface area contributed by atoms with Crippen LogP contribution >= 0.6 is 11.6 Å². The summed E-state index contributed by atoms with van der Waals surface area (Å²) in [7, 11) is -3.92. The van der Waals surface area contributed by atoms with Gasteiger partial charge in [-0.3, -0.25) is 4.79 Å². The monoisotopic (exact) mass is 493 g/mol. The van der Waals surface area contributed by atoms with Gasteiger partial charge in [0, 0.05) is 42.9 Å². The van der Waals surface area contributed by atoms with Crippen molar-refractivity contribution < 1.29 is 17.6 Å². The van der Waals surface area contributed by atoms with Crippen molar-refractivity contribution >= 4 is 33.2 Å². The maximum Gasteiger partial charge on any atom is 0.243 e. The molecule has 2 aromatic rings. The first-order chi connectivity index (χ1) is 15.8. The normalized spacial score (nSPS) is 18.0. The molecule has 0 spiro atoms. The summed E-state index contributed by atoms with van der Waals surface area (Å²) in [4.78, 5) is 17.1. The molecule has 0 bridgehead atoms. The van der Waals surface area contributed by atoms with E-state index < -0.39 is 15.8 Å². The molecule has 0 N–H and O–H groups in total. The van der Waals surface area contributed by atoms with E-state index in [1.165, 1.54) is 16.4 Å². The van der Waals surface area contributed by atoms with E-state index in [-0.39, 0.29) is 23.4 Å². The zero-order valence-electron chi connectivity index (χ0n) is 18.5. The summed E-state index contributed by atoms with van der Waals surface area (Å²) < 4.78 is 41.6. The van der Waals surface area contributed by atoms with Crippen LogP contribution in [0.1, 0.15) is 32.1 Å². The minimum absolute atomic E-state index is 0.0213. The van der Waals surface area contributed by atoms with Gasteiger partial charge in [-0.1, -0.05) is 36.9 Å². The molecule has 178 valence electrons. The molecule has 2 aromatic carbocycles. The first-order valence-corrected chi connectivity index (χ1v) is 13.2. The van der Waals surface area contributed by atoms with Gasteiger partial charge in [0.1, 0.15) is 5.82 Å². The molecule has 1 aliphatic carbocycles. The topological polar surface area (TPSA) is 60.9 Å². The van der Waals surface area contributed by atoms with Crippen molar-refractivity contribution in [2.24, 2.45) is 0 Å². The fourth-order valence-corrected chi connectivity index (χ4v) is 6.46. The third kappa shape index (κ3) is 5.67. The lowest BCUT2D eigenvalue weighted by Crippen LogP contribution is -2.53. The van der Waals surface area contributed by atoms with Crippen molar-refractivity contribution in [1.29, 1.82) is 0 Å². The van der Waals surface area contributed by atoms with Gasteiger partial charge in [0.05, 0.1) is 11.4 Å². The summed E-state index contributed by atoms with van der Waals surface area (Å²) in [6.07, 6.45) is 4.41. The SMILES string of the molecule is O=C(CN(C1CCCCC1)S(=O)(=O)c1ccc(F)cc1)N1CCN(c2cccc(Cl)c2)CC1. The Morgan fingerprint density at radius 2 is 1.67 bits per heavy atom. The molecule has 0 radical (unpaired) electrons. The molecule has 1 heterocycles. The van der Waals surface area contributed by atoms with Crippen LogP contribution in [0, 0.1) is 5.82 Å². The third-order valence-corrected chi connectivity index (χ3v) is 8.65. The number of benzene rings is 2. The Hall–Kier alpha value is -2.16. The Labute approximate surface area is 200 Å². The molecule has 0 unspecified atom stereocenters. The number of carbonyl (C=O) groups is 1. The summed E-state index contributed by atoms with van der Waals surface area (Å²) >= 11 is 6.10. The summed E-state index contributed by atoms with van der Waals surface area (Å²) in [5.74, 6) is -0.691. The van der Waals surface area contributed by atoms with E-state index in [4.69, 9.17) is 11.6 Å². The first-order valence-electron chi connectivity index (χ1n) is 11.4. The minimum atomic E-state index is -3.92. The third-order valence-electron chi connectivity index (χ3n) is 6.50. The highest BCUT2D eigenvalue weighted by molar-refractivity contribution is 7.89. The van der Waals surface area contributed by atoms with Crippen LogP contribution in [0.2, 0.25) is 5.02 Å². The summed E-state index contributed by atoms with van der Waals surface area (Å²) in [6.45, 7) is 2.14. The van der Waals surface area contributed by atoms with Gasteiger partial charge in [0.15, 0.2) is 0 Å². The first kappa shape index (κ1) is 24.0. The number of nitrogens with zero attached hydrogens (tertiary/aromatic N) is 3. The fraction of sp³-hybridized carbons (Fsp3) is 0.458. The van der Waals surface area contributed by atoms with Crippen molar-refractivity contribution in [3.63, 3.8) is 0 Å². The maximum absolute atomic E-state index is 13.4. The number of hydrogen-bond acceptors (Lipinski definition) is 4. The van der Waals surface area contributed by atoms with Crippen molar-refractivity contribution in [1.82, 2.24) is 9.21 Å². The number of rotatable bonds is 6. The van der Waals surface area contributed by atoms with Crippen molar-refractivity contribution in [2.45, 2.75) is 43.0 Å². The van der Waals surface area contributed by atoms with E-state index in [0.717, 1.165) is 49.9 Å². The van der Waals surface area contributed by atoms with Crippen LogP contribution in [0.25, 0.3) is 0 Å². The number of amides is 1. The number of anilines is 1. The van der Waals surface area contributed by atoms with E-state index in [9.17, 15) is 17.6 Å². The molecule has 2 fully saturated rings. The van der Waals surface area contributed by atoms with Gasteiger partial charge in [0.2, 0.25) is 15.9 Å². The standard InChI is InChI=1S/C24H29ClFN3O3S/c25-19-5-4-8-22(17-19)27-13-15-28(16-14-27)24(30)18-29(21-6-2-1-3-7-21)33(31,32)23-11-9-20(26)10-12-23/h4-5,8-12,17,21H,1-3,6-7,13-16,18H2. The maximum atomic E-state index is 13.4. The van der Waals surface area contributed by atoms with Gasteiger partial charge in [-0.05, 0) is 55.3 Å². The average molecular weight is 494 g/mol. The fourth-order valence-electron chi connectivity index (χ4n) is 4.64. The van der Waals surface area contributed by atoms with Crippen LogP contribution in [-0.2, 0) is 14.8 Å². The molecule has 0 atom stereocenters. The molecule has 33 heavy (non-hydrogen) atoms. The number of halogens is 2. The van der Waals surface area contributed by atoms with E-state index >= 15 is 0 Å². The van der Waals surface area contributed by atoms with Crippen molar-refractivity contribution in [2.75, 3.05) is 37.6 Å². The summed E-state index contributed by atoms with van der Waals surface area (Å²) in [5, 5.41) is 0.667. The molecule has 2 aliphatic rings. The number of piperazine rings is 1. The molecular weight excluding hydrogens is 465 g/mol. The number of hydrogen-bond donors (Lipinski definition) is 0. The largest absolute Gasteiger partial charge is 0.368 e. The van der Waals surface area contributed by atoms with Gasteiger partial charge in [-0.15, -0.1) is 0 Å². The lowest BCUT2D eigenvalue weighted by atomic mass is 9.95. The highest BCUT2D eigenvalue weighted by atomic mass is 35.5. The smallest absolute Gasteiger partial charge is 0.243 e. The van der Waals surface area contributed by atoms with Crippen LogP contribution in [-0.4, -0.2) is 62.3 Å². The molecule has 1 saturated carbocycles. The van der Waals surface area contributed by atoms with Crippen LogP contribution in [0.15, 0.2) is 53.4 Å². The van der Waals surface area contributed by atoms with Crippen LogP contribution in [0.3, 0.4) is 0 Å². The zero-order valence-corrected chi connectivity index (χ0v) is 20.1. The Bertz CT molecular complexity index is 1070. The second-order valence-corrected chi connectivity index (χ2v) is 11.0. The highest BCUT2D eigenvalue weighted by Crippen LogP contribution is 2.28. The lowest BCUT2D eigenvalue weighted by Gasteiger charge is -2.38. The Kier molecular flexibility index (Phi) is 7.56. The molecule has 1 saturated heterocycles. The zero-order chi connectivity index (χ0) is 23.4. The van der Waals surface area contributed by atoms with Gasteiger partial charge < -0.3 is 9.80 Å². The Balaban J connectivity index is 1.47. The van der Waals surface area contributed by atoms with Crippen LogP contribution < -0.4 is 4.90 Å². The predicted molar refractivity (Wildman–Crippen MR) is 127 cm³/mol. The summed E-state index contributed by atoms with van der Waals surface area (Å²) in [6, 6.07) is 12.2. The molecule has 0 aromatic heterocycles. The Morgan fingerprint density at radius 1 is 1.00 bits per heavy atom. The number of carbonyl (C=O) groups excluding carboxylic acids is 1. The van der Waals surface area contributed by atoms with E-state index in [2.05, 4.69) is 4.90 Å². The van der Waals surface area contributed by atoms with Crippen LogP contribution in [0.5, 0.6) is 0 Å². The molecule has 4 rings (SSSR count). The lowest BCUT2D eigenvalue weighted by molar-refractivity contribution is -0.132. The number of sulfonamides is 1. The van der Waals surface area contributed by atoms with Gasteiger partial charge >= 0.3 is 0 Å². The molecular formula is C24H29ClFN3O3S. The average Bonchev–Trinajstić information content (AvgIpc) is 2.83. The minimum Gasteiger partial charge on any atom is -0.368 e. The molecule has 1 aliphatic heterocycles. The van der Waals surface area contributed by atoms with Crippen molar-refractivity contribution in [3.8, 4) is 0 Å². The van der Waals surface area contributed by atoms with Gasteiger partial charge in [-0.2, -0.15) is 4.31 Å². The van der Waals surface area contributed by atoms with Crippen LogP contribution in [0.4, 0.5) is 10.1 Å². The molecule has 6 nitrogen and oxygen atoms in total. The van der Waals surface area contributed by atoms with E-state index in [1.807, 2.05) is 24.3 Å². The molecule has 9 heteroatoms. The molecule has 1 amide bonds. The second-order valence-electron chi connectivity index (χ2n) is 8.64. The van der Waals surface area contributed by atoms with Gasteiger partial charge in [0.25, 0.3) is 0 Å².